The molecule has 1 aliphatic rings. The predicted molar refractivity (Wildman–Crippen MR) is 110 cm³/mol. The first-order valence-corrected chi connectivity index (χ1v) is 10.3. The summed E-state index contributed by atoms with van der Waals surface area (Å²) in [4.78, 5) is 31.7. The molecule has 0 saturated carbocycles. The molecule has 0 aliphatic carbocycles. The average molecular weight is 402 g/mol. The summed E-state index contributed by atoms with van der Waals surface area (Å²) in [6.45, 7) is 4.44. The number of nitrogens with zero attached hydrogens (tertiary/aromatic N) is 2. The van der Waals surface area contributed by atoms with E-state index in [2.05, 4.69) is 5.32 Å². The topological polar surface area (TPSA) is 64.0 Å². The number of aromatic nitrogens is 2. The average Bonchev–Trinajstić information content (AvgIpc) is 2.80. The molecule has 4 rings (SSSR count). The normalized spacial score (nSPS) is 14.0. The number of carbonyl (C=O) groups is 1. The molecule has 1 N–H and O–H groups in total. The Morgan fingerprint density at radius 1 is 1.26 bits per heavy atom. The van der Waals surface area contributed by atoms with Gasteiger partial charge in [0.05, 0.1) is 10.3 Å². The summed E-state index contributed by atoms with van der Waals surface area (Å²) < 4.78 is 1.79. The fourth-order valence-electron chi connectivity index (χ4n) is 3.48. The lowest BCUT2D eigenvalue weighted by Crippen LogP contribution is -2.24. The van der Waals surface area contributed by atoms with Crippen molar-refractivity contribution < 1.29 is 4.79 Å². The maximum absolute atomic E-state index is 13.0. The molecule has 0 spiro atoms. The number of carbonyl (C=O) groups excluding carboxylic acids is 1. The molecule has 5 nitrogen and oxygen atoms in total. The van der Waals surface area contributed by atoms with E-state index in [1.807, 2.05) is 26.0 Å². The molecule has 140 valence electrons. The van der Waals surface area contributed by atoms with Crippen LogP contribution in [-0.4, -0.2) is 15.5 Å². The van der Waals surface area contributed by atoms with Crippen molar-refractivity contribution in [2.45, 2.75) is 46.1 Å². The Morgan fingerprint density at radius 2 is 2.07 bits per heavy atom. The van der Waals surface area contributed by atoms with Gasteiger partial charge in [0.25, 0.3) is 11.5 Å². The highest BCUT2D eigenvalue weighted by atomic mass is 35.5. The van der Waals surface area contributed by atoms with Crippen LogP contribution in [-0.2, 0) is 13.0 Å². The van der Waals surface area contributed by atoms with E-state index in [9.17, 15) is 9.59 Å². The van der Waals surface area contributed by atoms with Gasteiger partial charge in [-0.25, -0.2) is 4.98 Å². The van der Waals surface area contributed by atoms with Gasteiger partial charge in [0.1, 0.15) is 10.7 Å². The van der Waals surface area contributed by atoms with E-state index in [4.69, 9.17) is 16.6 Å². The van der Waals surface area contributed by atoms with E-state index in [1.54, 1.807) is 10.6 Å². The molecule has 7 heteroatoms. The van der Waals surface area contributed by atoms with Crippen molar-refractivity contribution in [1.29, 1.82) is 0 Å². The number of fused-ring (bicyclic) bond motifs is 2. The Kier molecular flexibility index (Phi) is 4.78. The summed E-state index contributed by atoms with van der Waals surface area (Å²) in [5.74, 6) is 0.596. The van der Waals surface area contributed by atoms with Gasteiger partial charge in [-0.3, -0.25) is 14.2 Å². The first kappa shape index (κ1) is 18.2. The van der Waals surface area contributed by atoms with Crippen LogP contribution in [0.25, 0.3) is 10.2 Å². The lowest BCUT2D eigenvalue weighted by Gasteiger charge is -2.08. The number of aryl methyl sites for hydroxylation is 3. The number of anilines is 1. The summed E-state index contributed by atoms with van der Waals surface area (Å²) in [5, 5.41) is 4.05. The van der Waals surface area contributed by atoms with Crippen LogP contribution in [0.1, 0.15) is 45.9 Å². The standard InChI is InChI=1S/C20H20ClN3O2S/c1-11-7-8-13(10-14(11)21)22-18(25)17-12(2)16-19(27-17)23-15-6-4-3-5-9-24(15)20(16)26/h7-8,10H,3-6,9H2,1-2H3,(H,22,25). The lowest BCUT2D eigenvalue weighted by atomic mass is 10.2. The van der Waals surface area contributed by atoms with Crippen LogP contribution in [0.3, 0.4) is 0 Å². The Morgan fingerprint density at radius 3 is 2.85 bits per heavy atom. The third kappa shape index (κ3) is 3.28. The number of thiophene rings is 1. The molecule has 1 amide bonds. The highest BCUT2D eigenvalue weighted by molar-refractivity contribution is 7.20. The summed E-state index contributed by atoms with van der Waals surface area (Å²) in [6, 6.07) is 5.41. The fraction of sp³-hybridized carbons (Fsp3) is 0.350. The Balaban J connectivity index is 1.75. The van der Waals surface area contributed by atoms with E-state index in [-0.39, 0.29) is 11.5 Å². The zero-order valence-electron chi connectivity index (χ0n) is 15.3. The van der Waals surface area contributed by atoms with Crippen molar-refractivity contribution in [2.24, 2.45) is 0 Å². The summed E-state index contributed by atoms with van der Waals surface area (Å²) in [7, 11) is 0. The first-order valence-electron chi connectivity index (χ1n) is 9.06. The van der Waals surface area contributed by atoms with Crippen molar-refractivity contribution in [2.75, 3.05) is 5.32 Å². The second-order valence-corrected chi connectivity index (χ2v) is 8.36. The van der Waals surface area contributed by atoms with Crippen LogP contribution < -0.4 is 10.9 Å². The molecule has 27 heavy (non-hydrogen) atoms. The number of nitrogens with one attached hydrogen (secondary N) is 1. The molecule has 1 aliphatic heterocycles. The minimum atomic E-state index is -0.241. The Labute approximate surface area is 166 Å². The zero-order valence-corrected chi connectivity index (χ0v) is 16.8. The monoisotopic (exact) mass is 401 g/mol. The lowest BCUT2D eigenvalue weighted by molar-refractivity contribution is 0.103. The van der Waals surface area contributed by atoms with Gasteiger partial charge < -0.3 is 5.32 Å². The highest BCUT2D eigenvalue weighted by Crippen LogP contribution is 2.29. The van der Waals surface area contributed by atoms with Crippen molar-refractivity contribution in [3.8, 4) is 0 Å². The quantitative estimate of drug-likeness (QED) is 0.676. The van der Waals surface area contributed by atoms with Gasteiger partial charge in [-0.2, -0.15) is 0 Å². The van der Waals surface area contributed by atoms with Crippen molar-refractivity contribution >= 4 is 44.7 Å². The largest absolute Gasteiger partial charge is 0.321 e. The van der Waals surface area contributed by atoms with Gasteiger partial charge in [0, 0.05) is 23.7 Å². The van der Waals surface area contributed by atoms with Gasteiger partial charge in [-0.1, -0.05) is 24.1 Å². The van der Waals surface area contributed by atoms with Crippen LogP contribution in [0.2, 0.25) is 5.02 Å². The molecular weight excluding hydrogens is 382 g/mol. The van der Waals surface area contributed by atoms with E-state index < -0.39 is 0 Å². The molecule has 3 heterocycles. The third-order valence-electron chi connectivity index (χ3n) is 5.05. The van der Waals surface area contributed by atoms with Gasteiger partial charge in [0.15, 0.2) is 0 Å². The molecule has 0 radical (unpaired) electrons. The van der Waals surface area contributed by atoms with E-state index in [0.29, 0.717) is 37.9 Å². The number of halogens is 1. The van der Waals surface area contributed by atoms with Crippen LogP contribution >= 0.6 is 22.9 Å². The SMILES string of the molecule is Cc1ccc(NC(=O)c2sc3nc4n(c(=O)c3c2C)CCCCC4)cc1Cl. The first-order chi connectivity index (χ1) is 13.0. The van der Waals surface area contributed by atoms with Crippen molar-refractivity contribution in [3.05, 3.63) is 55.4 Å². The van der Waals surface area contributed by atoms with Crippen molar-refractivity contribution in [3.63, 3.8) is 0 Å². The zero-order chi connectivity index (χ0) is 19.1. The maximum Gasteiger partial charge on any atom is 0.266 e. The molecule has 3 aromatic rings. The summed E-state index contributed by atoms with van der Waals surface area (Å²) in [6.07, 6.45) is 3.96. The van der Waals surface area contributed by atoms with Crippen LogP contribution in [0, 0.1) is 13.8 Å². The molecule has 1 aromatic carbocycles. The highest BCUT2D eigenvalue weighted by Gasteiger charge is 2.22. The number of benzene rings is 1. The number of hydrogen-bond acceptors (Lipinski definition) is 4. The second-order valence-electron chi connectivity index (χ2n) is 6.95. The number of amides is 1. The molecular formula is C20H20ClN3O2S. The van der Waals surface area contributed by atoms with Crippen LogP contribution in [0.4, 0.5) is 5.69 Å². The summed E-state index contributed by atoms with van der Waals surface area (Å²) >= 11 is 7.43. The van der Waals surface area contributed by atoms with Gasteiger partial charge in [-0.15, -0.1) is 11.3 Å². The van der Waals surface area contributed by atoms with E-state index in [0.717, 1.165) is 37.1 Å². The second kappa shape index (κ2) is 7.09. The number of rotatable bonds is 2. The van der Waals surface area contributed by atoms with Crippen molar-refractivity contribution in [1.82, 2.24) is 9.55 Å². The maximum atomic E-state index is 13.0. The molecule has 0 unspecified atom stereocenters. The van der Waals surface area contributed by atoms with Crippen LogP contribution in [0.5, 0.6) is 0 Å². The summed E-state index contributed by atoms with van der Waals surface area (Å²) in [5.41, 5.74) is 2.25. The molecule has 0 saturated heterocycles. The molecule has 0 bridgehead atoms. The van der Waals surface area contributed by atoms with E-state index in [1.165, 1.54) is 11.3 Å². The minimum Gasteiger partial charge on any atom is -0.321 e. The third-order valence-corrected chi connectivity index (χ3v) is 6.64. The predicted octanol–water partition coefficient (Wildman–Crippen LogP) is 4.71. The van der Waals surface area contributed by atoms with Crippen LogP contribution in [0.15, 0.2) is 23.0 Å². The fourth-order valence-corrected chi connectivity index (χ4v) is 4.75. The minimum absolute atomic E-state index is 0.0249. The van der Waals surface area contributed by atoms with Gasteiger partial charge in [-0.05, 0) is 49.9 Å². The van der Waals surface area contributed by atoms with Gasteiger partial charge >= 0.3 is 0 Å². The smallest absolute Gasteiger partial charge is 0.266 e. The number of hydrogen-bond donors (Lipinski definition) is 1. The molecule has 0 atom stereocenters. The Hall–Kier alpha value is -2.18. The molecule has 0 fully saturated rings. The molecule has 2 aromatic heterocycles. The van der Waals surface area contributed by atoms with Gasteiger partial charge in [0.2, 0.25) is 0 Å². The van der Waals surface area contributed by atoms with E-state index >= 15 is 0 Å². The Bertz CT molecular complexity index is 1120.